The standard InChI is InChI=1S/C14H22N2O2/c1-11(2)15-9-12-6-5-7-13(8-12)18-10-14(17)16(3)4/h5-8,11,15H,9-10H2,1-4H3. The molecule has 4 heteroatoms. The highest BCUT2D eigenvalue weighted by Gasteiger charge is 2.05. The first kappa shape index (κ1) is 14.5. The van der Waals surface area contributed by atoms with Crippen molar-refractivity contribution >= 4 is 5.91 Å². The Bertz CT molecular complexity index is 389. The minimum absolute atomic E-state index is 0.0410. The number of nitrogens with one attached hydrogen (secondary N) is 1. The van der Waals surface area contributed by atoms with Crippen LogP contribution in [0.25, 0.3) is 0 Å². The van der Waals surface area contributed by atoms with E-state index in [2.05, 4.69) is 19.2 Å². The number of carbonyl (C=O) groups excluding carboxylic acids is 1. The number of carbonyl (C=O) groups is 1. The van der Waals surface area contributed by atoms with E-state index in [0.717, 1.165) is 17.9 Å². The normalized spacial score (nSPS) is 10.5. The van der Waals surface area contributed by atoms with Crippen LogP contribution in [0, 0.1) is 0 Å². The van der Waals surface area contributed by atoms with Crippen molar-refractivity contribution in [1.29, 1.82) is 0 Å². The van der Waals surface area contributed by atoms with Crippen LogP contribution in [0.4, 0.5) is 0 Å². The second kappa shape index (κ2) is 7.01. The van der Waals surface area contributed by atoms with E-state index in [-0.39, 0.29) is 12.5 Å². The first-order valence-electron chi connectivity index (χ1n) is 6.14. The molecule has 0 aliphatic heterocycles. The van der Waals surface area contributed by atoms with Gasteiger partial charge in [0.25, 0.3) is 5.91 Å². The van der Waals surface area contributed by atoms with Gasteiger partial charge in [-0.1, -0.05) is 26.0 Å². The molecule has 1 aromatic carbocycles. The molecule has 0 saturated carbocycles. The number of amides is 1. The van der Waals surface area contributed by atoms with E-state index in [1.54, 1.807) is 14.1 Å². The second-order valence-electron chi connectivity index (χ2n) is 4.76. The van der Waals surface area contributed by atoms with Crippen molar-refractivity contribution in [2.24, 2.45) is 0 Å². The molecule has 100 valence electrons. The molecule has 0 aromatic heterocycles. The number of nitrogens with zero attached hydrogens (tertiary/aromatic N) is 1. The second-order valence-corrected chi connectivity index (χ2v) is 4.76. The van der Waals surface area contributed by atoms with Crippen molar-refractivity contribution in [3.05, 3.63) is 29.8 Å². The molecular weight excluding hydrogens is 228 g/mol. The van der Waals surface area contributed by atoms with Crippen molar-refractivity contribution in [2.75, 3.05) is 20.7 Å². The van der Waals surface area contributed by atoms with Crippen LogP contribution in [-0.2, 0) is 11.3 Å². The van der Waals surface area contributed by atoms with Crippen LogP contribution < -0.4 is 10.1 Å². The number of ether oxygens (including phenoxy) is 1. The van der Waals surface area contributed by atoms with Gasteiger partial charge in [-0.15, -0.1) is 0 Å². The third-order valence-corrected chi connectivity index (χ3v) is 2.47. The summed E-state index contributed by atoms with van der Waals surface area (Å²) in [5, 5.41) is 3.34. The summed E-state index contributed by atoms with van der Waals surface area (Å²) in [4.78, 5) is 12.9. The predicted octanol–water partition coefficient (Wildman–Crippen LogP) is 1.65. The number of benzene rings is 1. The highest BCUT2D eigenvalue weighted by atomic mass is 16.5. The van der Waals surface area contributed by atoms with Gasteiger partial charge < -0.3 is 15.0 Å². The molecule has 0 radical (unpaired) electrons. The molecule has 1 N–H and O–H groups in total. The molecule has 0 heterocycles. The molecule has 0 aliphatic rings. The predicted molar refractivity (Wildman–Crippen MR) is 72.6 cm³/mol. The summed E-state index contributed by atoms with van der Waals surface area (Å²) in [6.45, 7) is 5.09. The van der Waals surface area contributed by atoms with Gasteiger partial charge in [-0.25, -0.2) is 0 Å². The Morgan fingerprint density at radius 3 is 2.72 bits per heavy atom. The molecule has 0 spiro atoms. The fraction of sp³-hybridized carbons (Fsp3) is 0.500. The van der Waals surface area contributed by atoms with Gasteiger partial charge in [0.05, 0.1) is 0 Å². The maximum atomic E-state index is 11.4. The highest BCUT2D eigenvalue weighted by Crippen LogP contribution is 2.13. The van der Waals surface area contributed by atoms with Gasteiger partial charge in [0.2, 0.25) is 0 Å². The van der Waals surface area contributed by atoms with Gasteiger partial charge in [0.1, 0.15) is 5.75 Å². The van der Waals surface area contributed by atoms with Crippen molar-refractivity contribution in [3.8, 4) is 5.75 Å². The van der Waals surface area contributed by atoms with Crippen molar-refractivity contribution in [1.82, 2.24) is 10.2 Å². The minimum atomic E-state index is -0.0410. The van der Waals surface area contributed by atoms with E-state index in [1.807, 2.05) is 24.3 Å². The molecule has 0 aliphatic carbocycles. The third-order valence-electron chi connectivity index (χ3n) is 2.47. The van der Waals surface area contributed by atoms with Gasteiger partial charge in [0.15, 0.2) is 6.61 Å². The lowest BCUT2D eigenvalue weighted by atomic mass is 10.2. The Kier molecular flexibility index (Phi) is 5.65. The van der Waals surface area contributed by atoms with E-state index >= 15 is 0 Å². The molecule has 0 atom stereocenters. The first-order valence-corrected chi connectivity index (χ1v) is 6.14. The maximum absolute atomic E-state index is 11.4. The average molecular weight is 250 g/mol. The maximum Gasteiger partial charge on any atom is 0.259 e. The molecule has 0 bridgehead atoms. The summed E-state index contributed by atoms with van der Waals surface area (Å²) in [5.74, 6) is 0.689. The summed E-state index contributed by atoms with van der Waals surface area (Å²) >= 11 is 0. The van der Waals surface area contributed by atoms with Crippen LogP contribution in [0.15, 0.2) is 24.3 Å². The topological polar surface area (TPSA) is 41.6 Å². The van der Waals surface area contributed by atoms with Gasteiger partial charge >= 0.3 is 0 Å². The Morgan fingerprint density at radius 2 is 2.11 bits per heavy atom. The number of likely N-dealkylation sites (N-methyl/N-ethyl adjacent to an activating group) is 1. The van der Waals surface area contributed by atoms with Crippen LogP contribution in [0.5, 0.6) is 5.75 Å². The zero-order valence-electron chi connectivity index (χ0n) is 11.6. The van der Waals surface area contributed by atoms with E-state index in [4.69, 9.17) is 4.74 Å². The number of hydrogen-bond donors (Lipinski definition) is 1. The van der Waals surface area contributed by atoms with Crippen molar-refractivity contribution in [3.63, 3.8) is 0 Å². The molecule has 18 heavy (non-hydrogen) atoms. The van der Waals surface area contributed by atoms with E-state index in [1.165, 1.54) is 4.90 Å². The smallest absolute Gasteiger partial charge is 0.259 e. The summed E-state index contributed by atoms with van der Waals surface area (Å²) < 4.78 is 5.46. The monoisotopic (exact) mass is 250 g/mol. The lowest BCUT2D eigenvalue weighted by Gasteiger charge is -2.12. The zero-order valence-corrected chi connectivity index (χ0v) is 11.6. The molecular formula is C14H22N2O2. The van der Waals surface area contributed by atoms with Gasteiger partial charge in [-0.3, -0.25) is 4.79 Å². The van der Waals surface area contributed by atoms with Gasteiger partial charge in [-0.05, 0) is 17.7 Å². The lowest BCUT2D eigenvalue weighted by molar-refractivity contribution is -0.130. The van der Waals surface area contributed by atoms with E-state index in [9.17, 15) is 4.79 Å². The molecule has 4 nitrogen and oxygen atoms in total. The Labute approximate surface area is 109 Å². The fourth-order valence-corrected chi connectivity index (χ4v) is 1.34. The molecule has 1 rings (SSSR count). The Hall–Kier alpha value is -1.55. The fourth-order valence-electron chi connectivity index (χ4n) is 1.34. The van der Waals surface area contributed by atoms with Gasteiger partial charge in [0, 0.05) is 26.7 Å². The van der Waals surface area contributed by atoms with Crippen LogP contribution in [-0.4, -0.2) is 37.6 Å². The van der Waals surface area contributed by atoms with E-state index in [0.29, 0.717) is 6.04 Å². The summed E-state index contributed by atoms with van der Waals surface area (Å²) in [5.41, 5.74) is 1.15. The average Bonchev–Trinajstić information content (AvgIpc) is 2.33. The number of rotatable bonds is 6. The summed E-state index contributed by atoms with van der Waals surface area (Å²) in [7, 11) is 3.43. The minimum Gasteiger partial charge on any atom is -0.484 e. The molecule has 1 aromatic rings. The van der Waals surface area contributed by atoms with Crippen LogP contribution in [0.3, 0.4) is 0 Å². The quantitative estimate of drug-likeness (QED) is 0.834. The highest BCUT2D eigenvalue weighted by molar-refractivity contribution is 5.77. The lowest BCUT2D eigenvalue weighted by Crippen LogP contribution is -2.27. The summed E-state index contributed by atoms with van der Waals surface area (Å²) in [6.07, 6.45) is 0. The molecule has 0 saturated heterocycles. The third kappa shape index (κ3) is 5.19. The van der Waals surface area contributed by atoms with Gasteiger partial charge in [-0.2, -0.15) is 0 Å². The van der Waals surface area contributed by atoms with Crippen LogP contribution in [0.2, 0.25) is 0 Å². The largest absolute Gasteiger partial charge is 0.484 e. The number of hydrogen-bond acceptors (Lipinski definition) is 3. The van der Waals surface area contributed by atoms with Crippen molar-refractivity contribution in [2.45, 2.75) is 26.4 Å². The SMILES string of the molecule is CC(C)NCc1cccc(OCC(=O)N(C)C)c1. The Morgan fingerprint density at radius 1 is 1.39 bits per heavy atom. The molecule has 0 fully saturated rings. The summed E-state index contributed by atoms with van der Waals surface area (Å²) in [6, 6.07) is 8.24. The Balaban J connectivity index is 2.51. The first-order chi connectivity index (χ1) is 8.49. The van der Waals surface area contributed by atoms with Crippen LogP contribution in [0.1, 0.15) is 19.4 Å². The van der Waals surface area contributed by atoms with E-state index < -0.39 is 0 Å². The zero-order chi connectivity index (χ0) is 13.5. The molecule has 0 unspecified atom stereocenters. The molecule has 1 amide bonds. The van der Waals surface area contributed by atoms with Crippen molar-refractivity contribution < 1.29 is 9.53 Å². The van der Waals surface area contributed by atoms with Crippen LogP contribution >= 0.6 is 0 Å².